The summed E-state index contributed by atoms with van der Waals surface area (Å²) < 4.78 is 5.77. The van der Waals surface area contributed by atoms with Crippen molar-refractivity contribution in [1.29, 1.82) is 0 Å². The maximum atomic E-state index is 12.3. The van der Waals surface area contributed by atoms with Crippen molar-refractivity contribution in [1.82, 2.24) is 5.32 Å². The fraction of sp³-hybridized carbons (Fsp3) is 0.222. The molecule has 2 aromatic carbocycles. The lowest BCUT2D eigenvalue weighted by Gasteiger charge is -2.09. The lowest BCUT2D eigenvalue weighted by Crippen LogP contribution is -2.27. The van der Waals surface area contributed by atoms with E-state index in [1.165, 1.54) is 0 Å². The molecule has 0 radical (unpaired) electrons. The van der Waals surface area contributed by atoms with Crippen LogP contribution in [0.25, 0.3) is 0 Å². The summed E-state index contributed by atoms with van der Waals surface area (Å²) >= 11 is 3.42. The Morgan fingerprint density at radius 3 is 2.54 bits per heavy atom. The maximum Gasteiger partial charge on any atom is 0.255 e. The number of halogens is 1. The predicted molar refractivity (Wildman–Crippen MR) is 97.5 cm³/mol. The zero-order valence-electron chi connectivity index (χ0n) is 13.6. The van der Waals surface area contributed by atoms with E-state index in [2.05, 4.69) is 26.6 Å². The van der Waals surface area contributed by atoms with Crippen molar-refractivity contribution in [2.75, 3.05) is 25.6 Å². The summed E-state index contributed by atoms with van der Waals surface area (Å²) in [5, 5.41) is 5.55. The molecular formula is C18H19BrN2O3. The Hall–Kier alpha value is -2.18. The monoisotopic (exact) mass is 390 g/mol. The predicted octanol–water partition coefficient (Wildman–Crippen LogP) is 3.39. The molecule has 2 rings (SSSR count). The smallest absolute Gasteiger partial charge is 0.255 e. The molecular weight excluding hydrogens is 372 g/mol. The fourth-order valence-corrected chi connectivity index (χ4v) is 2.42. The minimum atomic E-state index is -0.229. The highest BCUT2D eigenvalue weighted by atomic mass is 79.9. The number of ether oxygens (including phenoxy) is 1. The van der Waals surface area contributed by atoms with Crippen LogP contribution in [0.2, 0.25) is 0 Å². The summed E-state index contributed by atoms with van der Waals surface area (Å²) in [7, 11) is 1.58. The Morgan fingerprint density at radius 1 is 1.08 bits per heavy atom. The number of benzene rings is 2. The average Bonchev–Trinajstić information content (AvgIpc) is 2.57. The van der Waals surface area contributed by atoms with Gasteiger partial charge in [-0.15, -0.1) is 0 Å². The van der Waals surface area contributed by atoms with Crippen molar-refractivity contribution in [3.8, 4) is 0 Å². The molecule has 0 saturated heterocycles. The normalized spacial score (nSPS) is 10.3. The molecule has 0 atom stereocenters. The molecule has 0 saturated carbocycles. The molecule has 0 aliphatic rings. The number of hydrogen-bond donors (Lipinski definition) is 2. The summed E-state index contributed by atoms with van der Waals surface area (Å²) in [5.41, 5.74) is 2.65. The first-order chi connectivity index (χ1) is 11.5. The van der Waals surface area contributed by atoms with Gasteiger partial charge in [-0.1, -0.05) is 28.1 Å². The average molecular weight is 391 g/mol. The van der Waals surface area contributed by atoms with E-state index < -0.39 is 0 Å². The van der Waals surface area contributed by atoms with E-state index in [0.29, 0.717) is 30.0 Å². The van der Waals surface area contributed by atoms with Crippen molar-refractivity contribution in [3.05, 3.63) is 63.6 Å². The summed E-state index contributed by atoms with van der Waals surface area (Å²) in [6, 6.07) is 12.2. The van der Waals surface area contributed by atoms with Gasteiger partial charge in [0, 0.05) is 34.9 Å². The largest absolute Gasteiger partial charge is 0.383 e. The van der Waals surface area contributed by atoms with Crippen LogP contribution < -0.4 is 10.6 Å². The minimum Gasteiger partial charge on any atom is -0.383 e. The fourth-order valence-electron chi connectivity index (χ4n) is 2.04. The zero-order chi connectivity index (χ0) is 17.5. The number of hydrogen-bond acceptors (Lipinski definition) is 3. The van der Waals surface area contributed by atoms with Crippen LogP contribution >= 0.6 is 15.9 Å². The first kappa shape index (κ1) is 18.2. The zero-order valence-corrected chi connectivity index (χ0v) is 15.1. The van der Waals surface area contributed by atoms with Crippen molar-refractivity contribution >= 4 is 33.4 Å². The molecule has 2 amide bonds. The molecule has 0 spiro atoms. The molecule has 6 heteroatoms. The molecule has 5 nitrogen and oxygen atoms in total. The van der Waals surface area contributed by atoms with Gasteiger partial charge in [0.25, 0.3) is 11.8 Å². The minimum absolute atomic E-state index is 0.207. The second-order valence-corrected chi connectivity index (χ2v) is 6.10. The number of anilines is 1. The summed E-state index contributed by atoms with van der Waals surface area (Å²) in [6.45, 7) is 2.84. The molecule has 0 aromatic heterocycles. The van der Waals surface area contributed by atoms with Gasteiger partial charge in [0.05, 0.1) is 6.61 Å². The summed E-state index contributed by atoms with van der Waals surface area (Å²) in [5.74, 6) is -0.436. The molecule has 2 aromatic rings. The lowest BCUT2D eigenvalue weighted by molar-refractivity contribution is 0.0936. The van der Waals surface area contributed by atoms with E-state index >= 15 is 0 Å². The summed E-state index contributed by atoms with van der Waals surface area (Å²) in [6.07, 6.45) is 0. The number of amides is 2. The third-order valence-electron chi connectivity index (χ3n) is 3.41. The van der Waals surface area contributed by atoms with Crippen molar-refractivity contribution in [2.45, 2.75) is 6.92 Å². The van der Waals surface area contributed by atoms with Gasteiger partial charge in [0.15, 0.2) is 0 Å². The van der Waals surface area contributed by atoms with E-state index in [9.17, 15) is 9.59 Å². The first-order valence-electron chi connectivity index (χ1n) is 7.46. The van der Waals surface area contributed by atoms with Gasteiger partial charge in [-0.25, -0.2) is 0 Å². The number of aryl methyl sites for hydroxylation is 1. The Kier molecular flexibility index (Phi) is 6.52. The van der Waals surface area contributed by atoms with Gasteiger partial charge in [0.2, 0.25) is 0 Å². The molecule has 0 aliphatic heterocycles. The number of rotatable bonds is 6. The van der Waals surface area contributed by atoms with Crippen LogP contribution in [0.3, 0.4) is 0 Å². The maximum absolute atomic E-state index is 12.3. The SMILES string of the molecule is COCCNC(=O)c1cccc(NC(=O)c2ccc(C)c(Br)c2)c1. The molecule has 0 bridgehead atoms. The van der Waals surface area contributed by atoms with Crippen LogP contribution in [-0.4, -0.2) is 32.1 Å². The van der Waals surface area contributed by atoms with Crippen LogP contribution in [0.4, 0.5) is 5.69 Å². The number of methoxy groups -OCH3 is 1. The lowest BCUT2D eigenvalue weighted by atomic mass is 10.1. The highest BCUT2D eigenvalue weighted by molar-refractivity contribution is 9.10. The van der Waals surface area contributed by atoms with Crippen molar-refractivity contribution in [3.63, 3.8) is 0 Å². The van der Waals surface area contributed by atoms with Crippen LogP contribution in [0.15, 0.2) is 46.9 Å². The third-order valence-corrected chi connectivity index (χ3v) is 4.26. The summed E-state index contributed by atoms with van der Waals surface area (Å²) in [4.78, 5) is 24.3. The molecule has 0 aliphatic carbocycles. The molecule has 0 fully saturated rings. The Morgan fingerprint density at radius 2 is 1.83 bits per heavy atom. The van der Waals surface area contributed by atoms with Crippen LogP contribution in [-0.2, 0) is 4.74 Å². The molecule has 0 heterocycles. The van der Waals surface area contributed by atoms with Crippen LogP contribution in [0.1, 0.15) is 26.3 Å². The van der Waals surface area contributed by atoms with Gasteiger partial charge in [-0.05, 0) is 42.8 Å². The quantitative estimate of drug-likeness (QED) is 0.742. The Labute approximate surface area is 149 Å². The number of carbonyl (C=O) groups excluding carboxylic acids is 2. The molecule has 24 heavy (non-hydrogen) atoms. The Bertz CT molecular complexity index is 747. The topological polar surface area (TPSA) is 67.4 Å². The molecule has 2 N–H and O–H groups in total. The standard InChI is InChI=1S/C18H19BrN2O3/c1-12-6-7-14(11-16(12)19)18(23)21-15-5-3-4-13(10-15)17(22)20-8-9-24-2/h3-7,10-11H,8-9H2,1-2H3,(H,20,22)(H,21,23). The van der Waals surface area contributed by atoms with Gasteiger partial charge < -0.3 is 15.4 Å². The second kappa shape index (κ2) is 8.61. The third kappa shape index (κ3) is 4.91. The Balaban J connectivity index is 2.07. The van der Waals surface area contributed by atoms with E-state index in [1.54, 1.807) is 43.5 Å². The highest BCUT2D eigenvalue weighted by Crippen LogP contribution is 2.19. The molecule has 0 unspecified atom stereocenters. The van der Waals surface area contributed by atoms with E-state index in [1.807, 2.05) is 13.0 Å². The van der Waals surface area contributed by atoms with Crippen LogP contribution in [0.5, 0.6) is 0 Å². The van der Waals surface area contributed by atoms with Gasteiger partial charge >= 0.3 is 0 Å². The van der Waals surface area contributed by atoms with Gasteiger partial charge in [-0.2, -0.15) is 0 Å². The van der Waals surface area contributed by atoms with Gasteiger partial charge in [-0.3, -0.25) is 9.59 Å². The van der Waals surface area contributed by atoms with E-state index in [4.69, 9.17) is 4.74 Å². The van der Waals surface area contributed by atoms with E-state index in [0.717, 1.165) is 10.0 Å². The molecule has 126 valence electrons. The van der Waals surface area contributed by atoms with Crippen LogP contribution in [0, 0.1) is 6.92 Å². The van der Waals surface area contributed by atoms with Crippen molar-refractivity contribution in [2.24, 2.45) is 0 Å². The van der Waals surface area contributed by atoms with Gasteiger partial charge in [0.1, 0.15) is 0 Å². The second-order valence-electron chi connectivity index (χ2n) is 5.25. The first-order valence-corrected chi connectivity index (χ1v) is 8.25. The number of carbonyl (C=O) groups is 2. The highest BCUT2D eigenvalue weighted by Gasteiger charge is 2.10. The van der Waals surface area contributed by atoms with E-state index in [-0.39, 0.29) is 11.8 Å². The number of nitrogens with one attached hydrogen (secondary N) is 2. The van der Waals surface area contributed by atoms with Crippen molar-refractivity contribution < 1.29 is 14.3 Å².